The average Bonchev–Trinajstić information content (AvgIpc) is 1.69. The van der Waals surface area contributed by atoms with Crippen LogP contribution < -0.4 is 0 Å². The molecule has 0 heterocycles. The Balaban J connectivity index is 2.45. The van der Waals surface area contributed by atoms with Gasteiger partial charge < -0.3 is 0 Å². The third-order valence-corrected chi connectivity index (χ3v) is 3.31. The Hall–Kier alpha value is 1.05. The van der Waals surface area contributed by atoms with Crippen LogP contribution in [-0.2, 0) is 0 Å². The molecule has 0 fully saturated rings. The van der Waals surface area contributed by atoms with Crippen molar-refractivity contribution >= 4 is 35.3 Å². The molecule has 0 bridgehead atoms. The number of thioether (sulfide) groups is 3. The second-order valence-electron chi connectivity index (χ2n) is 0.933. The Morgan fingerprint density at radius 1 is 1.43 bits per heavy atom. The third kappa shape index (κ3) is 7.05. The SMILES string of the molecule is [CH2]SCSCSC. The molecule has 7 heavy (non-hydrogen) atoms. The minimum Gasteiger partial charge on any atom is -0.154 e. The maximum absolute atomic E-state index is 3.64. The minimum absolute atomic E-state index is 1.13. The predicted molar refractivity (Wildman–Crippen MR) is 43.8 cm³/mol. The Morgan fingerprint density at radius 3 is 2.57 bits per heavy atom. The van der Waals surface area contributed by atoms with Gasteiger partial charge in [0.15, 0.2) is 0 Å². The molecule has 0 aromatic carbocycles. The first-order valence-corrected chi connectivity index (χ1v) is 5.55. The lowest BCUT2D eigenvalue weighted by molar-refractivity contribution is 2.14. The van der Waals surface area contributed by atoms with Gasteiger partial charge in [-0.25, -0.2) is 0 Å². The van der Waals surface area contributed by atoms with Crippen LogP contribution in [0.1, 0.15) is 0 Å². The highest BCUT2D eigenvalue weighted by Gasteiger charge is 1.80. The van der Waals surface area contributed by atoms with Gasteiger partial charge in [0.25, 0.3) is 0 Å². The molecule has 0 amide bonds. The summed E-state index contributed by atoms with van der Waals surface area (Å²) in [5.41, 5.74) is 0. The monoisotopic (exact) mass is 153 g/mol. The molecule has 0 aromatic heterocycles. The van der Waals surface area contributed by atoms with Crippen molar-refractivity contribution in [1.82, 2.24) is 0 Å². The van der Waals surface area contributed by atoms with E-state index in [0.29, 0.717) is 0 Å². The summed E-state index contributed by atoms with van der Waals surface area (Å²) in [5, 5.41) is 2.32. The van der Waals surface area contributed by atoms with E-state index in [0.717, 1.165) is 5.08 Å². The van der Waals surface area contributed by atoms with Gasteiger partial charge in [-0.15, -0.1) is 11.8 Å². The van der Waals surface area contributed by atoms with E-state index in [1.54, 1.807) is 11.8 Å². The second kappa shape index (κ2) is 7.05. The standard InChI is InChI=1S/C4H9S3/c1-5-3-7-4-6-2/h1,3-4H2,2H3. The van der Waals surface area contributed by atoms with Crippen molar-refractivity contribution in [3.63, 3.8) is 0 Å². The molecule has 0 unspecified atom stereocenters. The van der Waals surface area contributed by atoms with Gasteiger partial charge in [0.2, 0.25) is 0 Å². The summed E-state index contributed by atoms with van der Waals surface area (Å²) in [6.45, 7) is 0. The molecule has 0 aliphatic carbocycles. The van der Waals surface area contributed by atoms with E-state index in [1.165, 1.54) is 5.08 Å². The first kappa shape index (κ1) is 8.05. The highest BCUT2D eigenvalue weighted by molar-refractivity contribution is 8.22. The van der Waals surface area contributed by atoms with E-state index in [4.69, 9.17) is 0 Å². The molecule has 0 aliphatic heterocycles. The Labute approximate surface area is 58.2 Å². The zero-order valence-electron chi connectivity index (χ0n) is 4.35. The van der Waals surface area contributed by atoms with Gasteiger partial charge in [-0.05, 0) is 6.26 Å². The molecule has 0 rings (SSSR count). The Kier molecular flexibility index (Phi) is 8.11. The van der Waals surface area contributed by atoms with Crippen molar-refractivity contribution in [1.29, 1.82) is 0 Å². The van der Waals surface area contributed by atoms with Crippen LogP contribution in [0.3, 0.4) is 0 Å². The van der Waals surface area contributed by atoms with Gasteiger partial charge in [0, 0.05) is 16.4 Å². The maximum atomic E-state index is 3.64. The van der Waals surface area contributed by atoms with E-state index in [2.05, 4.69) is 12.5 Å². The van der Waals surface area contributed by atoms with Crippen molar-refractivity contribution in [2.45, 2.75) is 0 Å². The fourth-order valence-corrected chi connectivity index (χ4v) is 2.20. The van der Waals surface area contributed by atoms with Crippen LogP contribution in [0.2, 0.25) is 0 Å². The number of rotatable bonds is 4. The van der Waals surface area contributed by atoms with Crippen molar-refractivity contribution in [2.75, 3.05) is 16.4 Å². The molecule has 43 valence electrons. The molecule has 1 radical (unpaired) electrons. The fraction of sp³-hybridized carbons (Fsp3) is 0.750. The first-order chi connectivity index (χ1) is 3.41. The van der Waals surface area contributed by atoms with Crippen LogP contribution in [-0.4, -0.2) is 16.4 Å². The van der Waals surface area contributed by atoms with Gasteiger partial charge in [0.05, 0.1) is 0 Å². The van der Waals surface area contributed by atoms with Crippen molar-refractivity contribution in [3.8, 4) is 0 Å². The molecule has 0 spiro atoms. The van der Waals surface area contributed by atoms with E-state index in [1.807, 2.05) is 23.5 Å². The van der Waals surface area contributed by atoms with Crippen LogP contribution in [0.5, 0.6) is 0 Å². The summed E-state index contributed by atoms with van der Waals surface area (Å²) >= 11 is 5.42. The lowest BCUT2D eigenvalue weighted by atomic mass is 11.8. The van der Waals surface area contributed by atoms with Crippen molar-refractivity contribution in [3.05, 3.63) is 6.26 Å². The summed E-state index contributed by atoms with van der Waals surface area (Å²) in [4.78, 5) is 0. The largest absolute Gasteiger partial charge is 0.154 e. The number of hydrogen-bond donors (Lipinski definition) is 0. The van der Waals surface area contributed by atoms with Crippen molar-refractivity contribution in [2.24, 2.45) is 0 Å². The molecule has 0 N–H and O–H groups in total. The zero-order chi connectivity index (χ0) is 5.54. The summed E-state index contributed by atoms with van der Waals surface area (Å²) in [7, 11) is 0. The second-order valence-corrected chi connectivity index (χ2v) is 4.21. The lowest BCUT2D eigenvalue weighted by Crippen LogP contribution is -1.66. The normalized spacial score (nSPS) is 9.43. The van der Waals surface area contributed by atoms with Gasteiger partial charge in [-0.3, -0.25) is 0 Å². The van der Waals surface area contributed by atoms with Crippen LogP contribution in [0, 0.1) is 6.26 Å². The summed E-state index contributed by atoms with van der Waals surface area (Å²) in [5.74, 6) is 0. The zero-order valence-corrected chi connectivity index (χ0v) is 6.80. The molecule has 0 atom stereocenters. The van der Waals surface area contributed by atoms with Crippen LogP contribution >= 0.6 is 35.3 Å². The Bertz CT molecular complexity index is 26.1. The first-order valence-electron chi connectivity index (χ1n) is 1.85. The number of hydrogen-bond acceptors (Lipinski definition) is 3. The molecule has 0 aliphatic rings. The molecule has 0 saturated heterocycles. The van der Waals surface area contributed by atoms with E-state index >= 15 is 0 Å². The Morgan fingerprint density at radius 2 is 2.14 bits per heavy atom. The highest BCUT2D eigenvalue weighted by atomic mass is 32.2. The minimum atomic E-state index is 1.13. The van der Waals surface area contributed by atoms with Gasteiger partial charge in [0.1, 0.15) is 0 Å². The molecule has 3 heteroatoms. The third-order valence-electron chi connectivity index (χ3n) is 0.368. The average molecular weight is 153 g/mol. The van der Waals surface area contributed by atoms with Crippen molar-refractivity contribution < 1.29 is 0 Å². The summed E-state index contributed by atoms with van der Waals surface area (Å²) < 4.78 is 0. The van der Waals surface area contributed by atoms with Crippen LogP contribution in [0.15, 0.2) is 0 Å². The smallest absolute Gasteiger partial charge is 0.0400 e. The molecular weight excluding hydrogens is 144 g/mol. The summed E-state index contributed by atoms with van der Waals surface area (Å²) in [6.07, 6.45) is 5.76. The molecule has 0 aromatic rings. The highest BCUT2D eigenvalue weighted by Crippen LogP contribution is 2.13. The molecular formula is C4H9S3. The molecule has 0 saturated carbocycles. The fourth-order valence-electron chi connectivity index (χ4n) is 0.176. The van der Waals surface area contributed by atoms with E-state index in [9.17, 15) is 0 Å². The van der Waals surface area contributed by atoms with Gasteiger partial charge >= 0.3 is 0 Å². The van der Waals surface area contributed by atoms with E-state index < -0.39 is 0 Å². The van der Waals surface area contributed by atoms with Crippen LogP contribution in [0.25, 0.3) is 0 Å². The summed E-state index contributed by atoms with van der Waals surface area (Å²) in [6, 6.07) is 0. The molecule has 0 nitrogen and oxygen atoms in total. The van der Waals surface area contributed by atoms with Gasteiger partial charge in [-0.2, -0.15) is 23.5 Å². The maximum Gasteiger partial charge on any atom is 0.0400 e. The lowest BCUT2D eigenvalue weighted by Gasteiger charge is -1.91. The van der Waals surface area contributed by atoms with Gasteiger partial charge in [-0.1, -0.05) is 0 Å². The predicted octanol–water partition coefficient (Wildman–Crippen LogP) is 2.52. The van der Waals surface area contributed by atoms with Crippen LogP contribution in [0.4, 0.5) is 0 Å². The van der Waals surface area contributed by atoms with E-state index in [-0.39, 0.29) is 0 Å². The topological polar surface area (TPSA) is 0 Å². The quantitative estimate of drug-likeness (QED) is 0.450.